The van der Waals surface area contributed by atoms with Crippen LogP contribution in [0.3, 0.4) is 0 Å². The molecule has 0 bridgehead atoms. The summed E-state index contributed by atoms with van der Waals surface area (Å²) in [4.78, 5) is 12.4. The molecule has 0 saturated carbocycles. The van der Waals surface area contributed by atoms with Crippen molar-refractivity contribution in [3.8, 4) is 0 Å². The molecule has 0 aliphatic heterocycles. The summed E-state index contributed by atoms with van der Waals surface area (Å²) in [6.45, 7) is 3.62. The van der Waals surface area contributed by atoms with Crippen molar-refractivity contribution in [2.75, 3.05) is 0 Å². The molecule has 1 nitrogen and oxygen atoms in total. The number of benzene rings is 2. The standard InChI is InChI=1S/C15H12ClFO/c1-9-3-5-11(16)7-13(9)15(18)14-8-12(17)6-4-10(14)2/h3-8H,1-2H3. The van der Waals surface area contributed by atoms with Crippen LogP contribution in [0.15, 0.2) is 36.4 Å². The minimum absolute atomic E-state index is 0.202. The largest absolute Gasteiger partial charge is 0.289 e. The molecule has 2 aromatic carbocycles. The van der Waals surface area contributed by atoms with E-state index in [1.165, 1.54) is 12.1 Å². The lowest BCUT2D eigenvalue weighted by molar-refractivity contribution is 0.103. The maximum atomic E-state index is 13.2. The Hall–Kier alpha value is -1.67. The Bertz CT molecular complexity index is 566. The number of carbonyl (C=O) groups is 1. The fraction of sp³-hybridized carbons (Fsp3) is 0.133. The van der Waals surface area contributed by atoms with Gasteiger partial charge in [-0.3, -0.25) is 4.79 Å². The van der Waals surface area contributed by atoms with Crippen molar-refractivity contribution < 1.29 is 9.18 Å². The lowest BCUT2D eigenvalue weighted by Gasteiger charge is -2.08. The van der Waals surface area contributed by atoms with E-state index in [1.807, 2.05) is 6.92 Å². The zero-order chi connectivity index (χ0) is 13.3. The first kappa shape index (κ1) is 12.8. The Kier molecular flexibility index (Phi) is 3.48. The summed E-state index contributed by atoms with van der Waals surface area (Å²) in [5.41, 5.74) is 2.46. The molecule has 0 fully saturated rings. The van der Waals surface area contributed by atoms with Crippen molar-refractivity contribution >= 4 is 17.4 Å². The third-order valence-electron chi connectivity index (χ3n) is 2.89. The molecular formula is C15H12ClFO. The molecule has 0 spiro atoms. The molecule has 2 aromatic rings. The van der Waals surface area contributed by atoms with Crippen molar-refractivity contribution in [2.45, 2.75) is 13.8 Å². The second-order valence-electron chi connectivity index (χ2n) is 4.25. The van der Waals surface area contributed by atoms with Gasteiger partial charge in [0, 0.05) is 16.1 Å². The average molecular weight is 263 g/mol. The molecule has 0 aliphatic carbocycles. The fourth-order valence-corrected chi connectivity index (χ4v) is 1.99. The van der Waals surface area contributed by atoms with Gasteiger partial charge in [0.15, 0.2) is 5.78 Å². The summed E-state index contributed by atoms with van der Waals surface area (Å²) < 4.78 is 13.2. The number of ketones is 1. The normalized spacial score (nSPS) is 10.4. The minimum atomic E-state index is -0.413. The fourth-order valence-electron chi connectivity index (χ4n) is 1.82. The maximum Gasteiger partial charge on any atom is 0.193 e. The zero-order valence-corrected chi connectivity index (χ0v) is 10.9. The summed E-state index contributed by atoms with van der Waals surface area (Å²) in [6.07, 6.45) is 0. The van der Waals surface area contributed by atoms with Gasteiger partial charge in [0.25, 0.3) is 0 Å². The highest BCUT2D eigenvalue weighted by Crippen LogP contribution is 2.21. The van der Waals surface area contributed by atoms with Gasteiger partial charge >= 0.3 is 0 Å². The highest BCUT2D eigenvalue weighted by molar-refractivity contribution is 6.31. The number of hydrogen-bond donors (Lipinski definition) is 0. The van der Waals surface area contributed by atoms with Crippen LogP contribution in [0.4, 0.5) is 4.39 Å². The number of hydrogen-bond acceptors (Lipinski definition) is 1. The van der Waals surface area contributed by atoms with E-state index < -0.39 is 5.82 Å². The van der Waals surface area contributed by atoms with Crippen molar-refractivity contribution in [3.63, 3.8) is 0 Å². The van der Waals surface area contributed by atoms with Crippen LogP contribution in [-0.2, 0) is 0 Å². The lowest BCUT2D eigenvalue weighted by atomic mass is 9.96. The minimum Gasteiger partial charge on any atom is -0.289 e. The monoisotopic (exact) mass is 262 g/mol. The molecule has 0 unspecified atom stereocenters. The van der Waals surface area contributed by atoms with E-state index in [2.05, 4.69) is 0 Å². The van der Waals surface area contributed by atoms with E-state index in [4.69, 9.17) is 11.6 Å². The number of carbonyl (C=O) groups excluding carboxylic acids is 1. The summed E-state index contributed by atoms with van der Waals surface area (Å²) in [6, 6.07) is 9.33. The van der Waals surface area contributed by atoms with Crippen molar-refractivity contribution in [2.24, 2.45) is 0 Å². The van der Waals surface area contributed by atoms with Gasteiger partial charge in [-0.25, -0.2) is 4.39 Å². The molecule has 0 N–H and O–H groups in total. The van der Waals surface area contributed by atoms with Crippen LogP contribution in [0, 0.1) is 19.7 Å². The summed E-state index contributed by atoms with van der Waals surface area (Å²) in [7, 11) is 0. The van der Waals surface area contributed by atoms with Crippen molar-refractivity contribution in [1.29, 1.82) is 0 Å². The molecule has 0 heterocycles. The van der Waals surface area contributed by atoms with Gasteiger partial charge in [-0.05, 0) is 49.2 Å². The predicted octanol–water partition coefficient (Wildman–Crippen LogP) is 4.33. The first-order valence-corrected chi connectivity index (χ1v) is 5.94. The van der Waals surface area contributed by atoms with Crippen LogP contribution >= 0.6 is 11.6 Å². The van der Waals surface area contributed by atoms with Crippen LogP contribution in [0.1, 0.15) is 27.0 Å². The Labute approximate surface area is 110 Å². The molecule has 2 rings (SSSR count). The van der Waals surface area contributed by atoms with Crippen LogP contribution in [0.2, 0.25) is 5.02 Å². The van der Waals surface area contributed by atoms with Gasteiger partial charge < -0.3 is 0 Å². The lowest BCUT2D eigenvalue weighted by Crippen LogP contribution is -2.06. The van der Waals surface area contributed by atoms with Gasteiger partial charge in [0.1, 0.15) is 5.82 Å². The molecule has 0 saturated heterocycles. The molecular weight excluding hydrogens is 251 g/mol. The molecule has 0 aliphatic rings. The second kappa shape index (κ2) is 4.91. The van der Waals surface area contributed by atoms with Crippen molar-refractivity contribution in [1.82, 2.24) is 0 Å². The zero-order valence-electron chi connectivity index (χ0n) is 10.1. The SMILES string of the molecule is Cc1ccc(F)cc1C(=O)c1cc(Cl)ccc1C. The van der Waals surface area contributed by atoms with E-state index in [9.17, 15) is 9.18 Å². The Balaban J connectivity index is 2.54. The van der Waals surface area contributed by atoms with Crippen LogP contribution < -0.4 is 0 Å². The van der Waals surface area contributed by atoms with E-state index in [-0.39, 0.29) is 5.78 Å². The van der Waals surface area contributed by atoms with E-state index >= 15 is 0 Å². The van der Waals surface area contributed by atoms with Gasteiger partial charge in [0.2, 0.25) is 0 Å². The van der Waals surface area contributed by atoms with Gasteiger partial charge in [-0.1, -0.05) is 23.7 Å². The summed E-state index contributed by atoms with van der Waals surface area (Å²) >= 11 is 5.89. The Morgan fingerprint density at radius 1 is 1.00 bits per heavy atom. The highest BCUT2D eigenvalue weighted by atomic mass is 35.5. The Morgan fingerprint density at radius 2 is 1.56 bits per heavy atom. The molecule has 0 amide bonds. The van der Waals surface area contributed by atoms with Crippen molar-refractivity contribution in [3.05, 3.63) is 69.5 Å². The van der Waals surface area contributed by atoms with E-state index in [1.54, 1.807) is 31.2 Å². The molecule has 0 radical (unpaired) electrons. The highest BCUT2D eigenvalue weighted by Gasteiger charge is 2.15. The maximum absolute atomic E-state index is 13.2. The number of aryl methyl sites for hydroxylation is 2. The molecule has 0 aromatic heterocycles. The summed E-state index contributed by atoms with van der Waals surface area (Å²) in [5, 5.41) is 0.498. The van der Waals surface area contributed by atoms with Crippen LogP contribution in [0.25, 0.3) is 0 Å². The smallest absolute Gasteiger partial charge is 0.193 e. The molecule has 0 atom stereocenters. The molecule has 92 valence electrons. The number of halogens is 2. The summed E-state index contributed by atoms with van der Waals surface area (Å²) in [5.74, 6) is -0.615. The molecule has 3 heteroatoms. The van der Waals surface area contributed by atoms with Gasteiger partial charge in [0.05, 0.1) is 0 Å². The first-order chi connectivity index (χ1) is 8.49. The predicted molar refractivity (Wildman–Crippen MR) is 70.8 cm³/mol. The van der Waals surface area contributed by atoms with Gasteiger partial charge in [-0.2, -0.15) is 0 Å². The third-order valence-corrected chi connectivity index (χ3v) is 3.12. The second-order valence-corrected chi connectivity index (χ2v) is 4.68. The van der Waals surface area contributed by atoms with Gasteiger partial charge in [-0.15, -0.1) is 0 Å². The first-order valence-electron chi connectivity index (χ1n) is 5.56. The third kappa shape index (κ3) is 2.44. The van der Waals surface area contributed by atoms with E-state index in [0.29, 0.717) is 16.1 Å². The Morgan fingerprint density at radius 3 is 2.22 bits per heavy atom. The van der Waals surface area contributed by atoms with Crippen LogP contribution in [-0.4, -0.2) is 5.78 Å². The van der Waals surface area contributed by atoms with E-state index in [0.717, 1.165) is 11.1 Å². The quantitative estimate of drug-likeness (QED) is 0.737. The molecule has 18 heavy (non-hydrogen) atoms. The van der Waals surface area contributed by atoms with Crippen LogP contribution in [0.5, 0.6) is 0 Å². The topological polar surface area (TPSA) is 17.1 Å². The number of rotatable bonds is 2. The average Bonchev–Trinajstić information content (AvgIpc) is 2.34.